The van der Waals surface area contributed by atoms with Crippen molar-refractivity contribution in [2.45, 2.75) is 13.8 Å². The third-order valence-corrected chi connectivity index (χ3v) is 3.51. The van der Waals surface area contributed by atoms with Crippen LogP contribution in [-0.4, -0.2) is 15.7 Å². The maximum Gasteiger partial charge on any atom is 0.150 e. The molecule has 4 nitrogen and oxygen atoms in total. The predicted molar refractivity (Wildman–Crippen MR) is 94.4 cm³/mol. The highest BCUT2D eigenvalue weighted by Gasteiger charge is 2.04. The highest BCUT2D eigenvalue weighted by atomic mass is 19.1. The van der Waals surface area contributed by atoms with Crippen molar-refractivity contribution >= 4 is 11.5 Å². The standard InChI is InChI=1S/C19H17FN4/c1-13(15-8-10-17(20)11-9-15)23-24-19-12-18(21-14(2)22-19)16-6-4-3-5-7-16/h3-12H,1-2H3,(H,21,22,24)/b23-13+. The molecule has 0 atom stereocenters. The van der Waals surface area contributed by atoms with Crippen LogP contribution in [0.15, 0.2) is 65.8 Å². The Labute approximate surface area is 140 Å². The number of aromatic nitrogens is 2. The molecule has 0 amide bonds. The largest absolute Gasteiger partial charge is 0.261 e. The number of benzene rings is 2. The van der Waals surface area contributed by atoms with Gasteiger partial charge in [0.25, 0.3) is 0 Å². The van der Waals surface area contributed by atoms with Crippen molar-refractivity contribution in [1.29, 1.82) is 0 Å². The zero-order chi connectivity index (χ0) is 16.9. The van der Waals surface area contributed by atoms with E-state index in [2.05, 4.69) is 20.5 Å². The highest BCUT2D eigenvalue weighted by molar-refractivity contribution is 5.99. The van der Waals surface area contributed by atoms with Crippen LogP contribution in [0, 0.1) is 12.7 Å². The molecule has 0 aliphatic carbocycles. The smallest absolute Gasteiger partial charge is 0.150 e. The average Bonchev–Trinajstić information content (AvgIpc) is 2.60. The number of nitrogens with zero attached hydrogens (tertiary/aromatic N) is 3. The van der Waals surface area contributed by atoms with E-state index in [0.29, 0.717) is 11.6 Å². The van der Waals surface area contributed by atoms with Crippen molar-refractivity contribution in [1.82, 2.24) is 9.97 Å². The zero-order valence-corrected chi connectivity index (χ0v) is 13.5. The van der Waals surface area contributed by atoms with Crippen LogP contribution < -0.4 is 5.43 Å². The van der Waals surface area contributed by atoms with Crippen LogP contribution in [0.3, 0.4) is 0 Å². The van der Waals surface area contributed by atoms with Crippen LogP contribution in [0.4, 0.5) is 10.2 Å². The molecular weight excluding hydrogens is 303 g/mol. The zero-order valence-electron chi connectivity index (χ0n) is 13.5. The first kappa shape index (κ1) is 15.8. The molecule has 24 heavy (non-hydrogen) atoms. The van der Waals surface area contributed by atoms with Gasteiger partial charge in [-0.3, -0.25) is 5.43 Å². The number of aryl methyl sites for hydroxylation is 1. The van der Waals surface area contributed by atoms with Gasteiger partial charge in [0.2, 0.25) is 0 Å². The molecule has 120 valence electrons. The Bertz CT molecular complexity index is 858. The molecule has 1 aromatic heterocycles. The molecule has 0 unspecified atom stereocenters. The van der Waals surface area contributed by atoms with E-state index in [1.807, 2.05) is 50.2 Å². The van der Waals surface area contributed by atoms with Gasteiger partial charge in [-0.15, -0.1) is 0 Å². The summed E-state index contributed by atoms with van der Waals surface area (Å²) >= 11 is 0. The molecule has 0 saturated heterocycles. The van der Waals surface area contributed by atoms with E-state index in [-0.39, 0.29) is 5.82 Å². The summed E-state index contributed by atoms with van der Waals surface area (Å²) in [6.07, 6.45) is 0. The molecule has 1 heterocycles. The molecular formula is C19H17FN4. The monoisotopic (exact) mass is 320 g/mol. The molecule has 0 aliphatic heterocycles. The van der Waals surface area contributed by atoms with Crippen LogP contribution in [0.2, 0.25) is 0 Å². The van der Waals surface area contributed by atoms with Crippen molar-refractivity contribution in [3.63, 3.8) is 0 Å². The third-order valence-electron chi connectivity index (χ3n) is 3.51. The van der Waals surface area contributed by atoms with Crippen molar-refractivity contribution in [2.75, 3.05) is 5.43 Å². The average molecular weight is 320 g/mol. The molecule has 3 rings (SSSR count). The van der Waals surface area contributed by atoms with Crippen LogP contribution >= 0.6 is 0 Å². The fourth-order valence-electron chi connectivity index (χ4n) is 2.28. The molecule has 3 aromatic rings. The maximum absolute atomic E-state index is 13.0. The van der Waals surface area contributed by atoms with E-state index in [1.54, 1.807) is 12.1 Å². The number of hydrogen-bond acceptors (Lipinski definition) is 4. The van der Waals surface area contributed by atoms with E-state index in [9.17, 15) is 4.39 Å². The van der Waals surface area contributed by atoms with Crippen molar-refractivity contribution in [2.24, 2.45) is 5.10 Å². The van der Waals surface area contributed by atoms with Gasteiger partial charge in [0.1, 0.15) is 17.5 Å². The first-order valence-corrected chi connectivity index (χ1v) is 7.59. The Morgan fingerprint density at radius 1 is 1.00 bits per heavy atom. The number of nitrogens with one attached hydrogen (secondary N) is 1. The minimum Gasteiger partial charge on any atom is -0.261 e. The molecule has 5 heteroatoms. The lowest BCUT2D eigenvalue weighted by atomic mass is 10.1. The second kappa shape index (κ2) is 7.00. The number of anilines is 1. The van der Waals surface area contributed by atoms with Crippen LogP contribution in [-0.2, 0) is 0 Å². The molecule has 0 aliphatic rings. The van der Waals surface area contributed by atoms with Gasteiger partial charge in [0.05, 0.1) is 11.4 Å². The molecule has 2 aromatic carbocycles. The third kappa shape index (κ3) is 3.81. The quantitative estimate of drug-likeness (QED) is 0.571. The Morgan fingerprint density at radius 3 is 2.42 bits per heavy atom. The summed E-state index contributed by atoms with van der Waals surface area (Å²) in [5.41, 5.74) is 6.39. The van der Waals surface area contributed by atoms with Crippen LogP contribution in [0.5, 0.6) is 0 Å². The molecule has 0 bridgehead atoms. The van der Waals surface area contributed by atoms with E-state index >= 15 is 0 Å². The summed E-state index contributed by atoms with van der Waals surface area (Å²) in [6, 6.07) is 18.0. The number of rotatable bonds is 4. The van der Waals surface area contributed by atoms with Gasteiger partial charge in [0.15, 0.2) is 0 Å². The van der Waals surface area contributed by atoms with Crippen molar-refractivity contribution in [3.8, 4) is 11.3 Å². The lowest BCUT2D eigenvalue weighted by Crippen LogP contribution is -2.03. The topological polar surface area (TPSA) is 50.2 Å². The second-order valence-electron chi connectivity index (χ2n) is 5.37. The van der Waals surface area contributed by atoms with Crippen LogP contribution in [0.25, 0.3) is 11.3 Å². The van der Waals surface area contributed by atoms with Crippen molar-refractivity contribution < 1.29 is 4.39 Å². The summed E-state index contributed by atoms with van der Waals surface area (Å²) in [4.78, 5) is 8.81. The molecule has 1 N–H and O–H groups in total. The lowest BCUT2D eigenvalue weighted by molar-refractivity contribution is 0.628. The highest BCUT2D eigenvalue weighted by Crippen LogP contribution is 2.19. The Kier molecular flexibility index (Phi) is 4.61. The summed E-state index contributed by atoms with van der Waals surface area (Å²) < 4.78 is 13.0. The number of halogens is 1. The van der Waals surface area contributed by atoms with Gasteiger partial charge in [-0.05, 0) is 31.5 Å². The predicted octanol–water partition coefficient (Wildman–Crippen LogP) is 4.43. The Morgan fingerprint density at radius 2 is 1.71 bits per heavy atom. The normalized spacial score (nSPS) is 11.4. The van der Waals surface area contributed by atoms with Gasteiger partial charge in [-0.25, -0.2) is 14.4 Å². The van der Waals surface area contributed by atoms with Gasteiger partial charge in [-0.2, -0.15) is 5.10 Å². The van der Waals surface area contributed by atoms with Gasteiger partial charge < -0.3 is 0 Å². The van der Waals surface area contributed by atoms with E-state index in [0.717, 1.165) is 22.5 Å². The fourth-order valence-corrected chi connectivity index (χ4v) is 2.28. The summed E-state index contributed by atoms with van der Waals surface area (Å²) in [5.74, 6) is 1.01. The van der Waals surface area contributed by atoms with Gasteiger partial charge >= 0.3 is 0 Å². The number of hydrazone groups is 1. The van der Waals surface area contributed by atoms with Crippen molar-refractivity contribution in [3.05, 3.63) is 77.9 Å². The first-order valence-electron chi connectivity index (χ1n) is 7.59. The summed E-state index contributed by atoms with van der Waals surface area (Å²) in [5, 5.41) is 4.32. The van der Waals surface area contributed by atoms with E-state index < -0.39 is 0 Å². The SMILES string of the molecule is C/C(=N\Nc1cc(-c2ccccc2)nc(C)n1)c1ccc(F)cc1. The molecule has 0 spiro atoms. The lowest BCUT2D eigenvalue weighted by Gasteiger charge is -2.07. The Balaban J connectivity index is 1.84. The maximum atomic E-state index is 13.0. The van der Waals surface area contributed by atoms with Gasteiger partial charge in [0, 0.05) is 11.6 Å². The summed E-state index contributed by atoms with van der Waals surface area (Å²) in [6.45, 7) is 3.69. The van der Waals surface area contributed by atoms with Gasteiger partial charge in [-0.1, -0.05) is 42.5 Å². The van der Waals surface area contributed by atoms with Crippen LogP contribution in [0.1, 0.15) is 18.3 Å². The summed E-state index contributed by atoms with van der Waals surface area (Å²) in [7, 11) is 0. The van der Waals surface area contributed by atoms with E-state index in [4.69, 9.17) is 0 Å². The minimum absolute atomic E-state index is 0.265. The molecule has 0 radical (unpaired) electrons. The fraction of sp³-hybridized carbons (Fsp3) is 0.105. The molecule has 0 saturated carbocycles. The Hall–Kier alpha value is -3.08. The molecule has 0 fully saturated rings. The second-order valence-corrected chi connectivity index (χ2v) is 5.37. The van der Waals surface area contributed by atoms with E-state index in [1.165, 1.54) is 12.1 Å². The minimum atomic E-state index is -0.265. The first-order chi connectivity index (χ1) is 11.6. The number of hydrogen-bond donors (Lipinski definition) is 1.